The van der Waals surface area contributed by atoms with Crippen LogP contribution in [0.1, 0.15) is 50.5 Å². The highest BCUT2D eigenvalue weighted by Crippen LogP contribution is 2.21. The first-order chi connectivity index (χ1) is 10.0. The lowest BCUT2D eigenvalue weighted by Crippen LogP contribution is -2.49. The molecule has 2 atom stereocenters. The SMILES string of the molecule is CC(C)C(OC(=O)c1ccn[nH]1)C(=O)N1CCCCC1C. The maximum absolute atomic E-state index is 12.7. The molecule has 0 aromatic carbocycles. The van der Waals surface area contributed by atoms with Crippen molar-refractivity contribution in [2.24, 2.45) is 5.92 Å². The number of carbonyl (C=O) groups excluding carboxylic acids is 2. The Morgan fingerprint density at radius 1 is 1.43 bits per heavy atom. The molecule has 1 fully saturated rings. The van der Waals surface area contributed by atoms with Crippen molar-refractivity contribution >= 4 is 11.9 Å². The lowest BCUT2D eigenvalue weighted by molar-refractivity contribution is -0.146. The highest BCUT2D eigenvalue weighted by Gasteiger charge is 2.34. The Bertz CT molecular complexity index is 484. The minimum atomic E-state index is -0.749. The number of carbonyl (C=O) groups is 2. The zero-order valence-corrected chi connectivity index (χ0v) is 12.8. The second kappa shape index (κ2) is 6.74. The van der Waals surface area contributed by atoms with Gasteiger partial charge in [0.1, 0.15) is 5.69 Å². The van der Waals surface area contributed by atoms with E-state index in [2.05, 4.69) is 10.2 Å². The van der Waals surface area contributed by atoms with E-state index in [1.807, 2.05) is 25.7 Å². The predicted octanol–water partition coefficient (Wildman–Crippen LogP) is 1.99. The molecule has 1 amide bonds. The van der Waals surface area contributed by atoms with Crippen LogP contribution in [0.25, 0.3) is 0 Å². The highest BCUT2D eigenvalue weighted by atomic mass is 16.5. The number of rotatable bonds is 4. The molecule has 1 aliphatic heterocycles. The van der Waals surface area contributed by atoms with Crippen LogP contribution in [0, 0.1) is 5.92 Å². The molecule has 0 saturated carbocycles. The molecule has 1 saturated heterocycles. The molecular formula is C15H23N3O3. The summed E-state index contributed by atoms with van der Waals surface area (Å²) in [6, 6.07) is 1.74. The monoisotopic (exact) mass is 293 g/mol. The van der Waals surface area contributed by atoms with Crippen LogP contribution in [-0.2, 0) is 9.53 Å². The van der Waals surface area contributed by atoms with Gasteiger partial charge in [-0.3, -0.25) is 9.89 Å². The number of likely N-dealkylation sites (tertiary alicyclic amines) is 1. The molecular weight excluding hydrogens is 270 g/mol. The third-order valence-electron chi connectivity index (χ3n) is 3.89. The summed E-state index contributed by atoms with van der Waals surface area (Å²) < 4.78 is 5.42. The Labute approximate surface area is 124 Å². The van der Waals surface area contributed by atoms with E-state index < -0.39 is 12.1 Å². The van der Waals surface area contributed by atoms with E-state index in [0.29, 0.717) is 0 Å². The fraction of sp³-hybridized carbons (Fsp3) is 0.667. The van der Waals surface area contributed by atoms with E-state index in [1.54, 1.807) is 0 Å². The molecule has 1 aliphatic rings. The summed E-state index contributed by atoms with van der Waals surface area (Å²) in [4.78, 5) is 26.5. The fourth-order valence-electron chi connectivity index (χ4n) is 2.61. The van der Waals surface area contributed by atoms with Crippen molar-refractivity contribution in [3.05, 3.63) is 18.0 Å². The van der Waals surface area contributed by atoms with E-state index in [-0.39, 0.29) is 23.6 Å². The van der Waals surface area contributed by atoms with Crippen molar-refractivity contribution in [2.45, 2.75) is 52.2 Å². The van der Waals surface area contributed by atoms with Gasteiger partial charge < -0.3 is 9.64 Å². The number of ether oxygens (including phenoxy) is 1. The average molecular weight is 293 g/mol. The summed E-state index contributed by atoms with van der Waals surface area (Å²) in [5.41, 5.74) is 0.264. The van der Waals surface area contributed by atoms with E-state index in [0.717, 1.165) is 25.8 Å². The number of nitrogens with zero attached hydrogens (tertiary/aromatic N) is 2. The molecule has 21 heavy (non-hydrogen) atoms. The van der Waals surface area contributed by atoms with Crippen LogP contribution in [0.3, 0.4) is 0 Å². The molecule has 6 nitrogen and oxygen atoms in total. The largest absolute Gasteiger partial charge is 0.447 e. The third kappa shape index (κ3) is 3.62. The summed E-state index contributed by atoms with van der Waals surface area (Å²) in [7, 11) is 0. The molecule has 2 heterocycles. The van der Waals surface area contributed by atoms with Gasteiger partial charge in [0, 0.05) is 18.8 Å². The number of H-pyrrole nitrogens is 1. The summed E-state index contributed by atoms with van der Waals surface area (Å²) in [6.07, 6.45) is 3.89. The Morgan fingerprint density at radius 2 is 2.19 bits per heavy atom. The van der Waals surface area contributed by atoms with Gasteiger partial charge in [0.15, 0.2) is 6.10 Å². The normalized spacial score (nSPS) is 20.4. The predicted molar refractivity (Wildman–Crippen MR) is 77.7 cm³/mol. The van der Waals surface area contributed by atoms with Crippen LogP contribution in [0.5, 0.6) is 0 Å². The first kappa shape index (κ1) is 15.5. The van der Waals surface area contributed by atoms with Gasteiger partial charge in [-0.1, -0.05) is 13.8 Å². The molecule has 2 rings (SSSR count). The van der Waals surface area contributed by atoms with Crippen LogP contribution >= 0.6 is 0 Å². The summed E-state index contributed by atoms with van der Waals surface area (Å²) in [5, 5.41) is 6.28. The summed E-state index contributed by atoms with van der Waals surface area (Å²) >= 11 is 0. The quantitative estimate of drug-likeness (QED) is 0.861. The Balaban J connectivity index is 2.07. The number of piperidine rings is 1. The Kier molecular flexibility index (Phi) is 4.98. The molecule has 0 spiro atoms. The highest BCUT2D eigenvalue weighted by molar-refractivity contribution is 5.90. The number of esters is 1. The van der Waals surface area contributed by atoms with Crippen molar-refractivity contribution in [3.63, 3.8) is 0 Å². The smallest absolute Gasteiger partial charge is 0.357 e. The van der Waals surface area contributed by atoms with Gasteiger partial charge in [0.2, 0.25) is 0 Å². The van der Waals surface area contributed by atoms with Gasteiger partial charge in [0.05, 0.1) is 0 Å². The second-order valence-electron chi connectivity index (χ2n) is 5.92. The maximum atomic E-state index is 12.7. The van der Waals surface area contributed by atoms with Crippen LogP contribution in [0.2, 0.25) is 0 Å². The molecule has 0 radical (unpaired) electrons. The van der Waals surface area contributed by atoms with Gasteiger partial charge in [-0.15, -0.1) is 0 Å². The first-order valence-electron chi connectivity index (χ1n) is 7.51. The van der Waals surface area contributed by atoms with Crippen LogP contribution in [0.15, 0.2) is 12.3 Å². The zero-order chi connectivity index (χ0) is 15.4. The minimum absolute atomic E-state index is 0.0708. The van der Waals surface area contributed by atoms with E-state index in [1.165, 1.54) is 12.3 Å². The van der Waals surface area contributed by atoms with Crippen molar-refractivity contribution < 1.29 is 14.3 Å². The topological polar surface area (TPSA) is 75.3 Å². The summed E-state index contributed by atoms with van der Waals surface area (Å²) in [6.45, 7) is 6.56. The lowest BCUT2D eigenvalue weighted by atomic mass is 10.00. The lowest BCUT2D eigenvalue weighted by Gasteiger charge is -2.36. The maximum Gasteiger partial charge on any atom is 0.357 e. The zero-order valence-electron chi connectivity index (χ0n) is 12.8. The van der Waals surface area contributed by atoms with Gasteiger partial charge in [-0.25, -0.2) is 4.79 Å². The number of amides is 1. The molecule has 0 aliphatic carbocycles. The first-order valence-corrected chi connectivity index (χ1v) is 7.51. The Morgan fingerprint density at radius 3 is 2.76 bits per heavy atom. The van der Waals surface area contributed by atoms with E-state index in [9.17, 15) is 9.59 Å². The van der Waals surface area contributed by atoms with Crippen molar-refractivity contribution in [2.75, 3.05) is 6.54 Å². The standard InChI is InChI=1S/C15H23N3O3/c1-10(2)13(21-15(20)12-7-8-16-17-12)14(19)18-9-5-4-6-11(18)3/h7-8,10-11,13H,4-6,9H2,1-3H3,(H,16,17). The van der Waals surface area contributed by atoms with Gasteiger partial charge in [-0.2, -0.15) is 5.10 Å². The average Bonchev–Trinajstić information content (AvgIpc) is 2.98. The van der Waals surface area contributed by atoms with Gasteiger partial charge in [-0.05, 0) is 38.2 Å². The number of aromatic amines is 1. The van der Waals surface area contributed by atoms with Gasteiger partial charge >= 0.3 is 5.97 Å². The summed E-state index contributed by atoms with van der Waals surface area (Å²) in [5.74, 6) is -0.701. The van der Waals surface area contributed by atoms with Crippen LogP contribution in [0.4, 0.5) is 0 Å². The molecule has 116 valence electrons. The van der Waals surface area contributed by atoms with Crippen LogP contribution < -0.4 is 0 Å². The van der Waals surface area contributed by atoms with Gasteiger partial charge in [0.25, 0.3) is 5.91 Å². The molecule has 0 bridgehead atoms. The van der Waals surface area contributed by atoms with Crippen molar-refractivity contribution in [1.82, 2.24) is 15.1 Å². The van der Waals surface area contributed by atoms with Crippen LogP contribution in [-0.4, -0.2) is 45.7 Å². The third-order valence-corrected chi connectivity index (χ3v) is 3.89. The minimum Gasteiger partial charge on any atom is -0.447 e. The molecule has 2 unspecified atom stereocenters. The Hall–Kier alpha value is -1.85. The molecule has 1 aromatic rings. The van der Waals surface area contributed by atoms with Crippen molar-refractivity contribution in [3.8, 4) is 0 Å². The second-order valence-corrected chi connectivity index (χ2v) is 5.92. The molecule has 1 N–H and O–H groups in total. The van der Waals surface area contributed by atoms with E-state index >= 15 is 0 Å². The number of hydrogen-bond donors (Lipinski definition) is 1. The number of aromatic nitrogens is 2. The molecule has 6 heteroatoms. The van der Waals surface area contributed by atoms with E-state index in [4.69, 9.17) is 4.74 Å². The fourth-order valence-corrected chi connectivity index (χ4v) is 2.61. The van der Waals surface area contributed by atoms with Crippen molar-refractivity contribution in [1.29, 1.82) is 0 Å². The number of nitrogens with one attached hydrogen (secondary N) is 1. The molecule has 1 aromatic heterocycles. The number of hydrogen-bond acceptors (Lipinski definition) is 4.